The number of fused-ring (bicyclic) bond motifs is 1. The predicted octanol–water partition coefficient (Wildman–Crippen LogP) is 6.56. The largest absolute Gasteiger partial charge is 0.463 e. The number of carbonyl (C=O) groups excluding carboxylic acids is 1. The molecule has 0 radical (unpaired) electrons. The number of hydrogen-bond acceptors (Lipinski definition) is 6. The van der Waals surface area contributed by atoms with Gasteiger partial charge in [0.2, 0.25) is 0 Å². The van der Waals surface area contributed by atoms with Crippen LogP contribution < -0.4 is 14.9 Å². The second-order valence-corrected chi connectivity index (χ2v) is 10.7. The Bertz CT molecular complexity index is 1840. The Morgan fingerprint density at radius 3 is 2.48 bits per heavy atom. The fourth-order valence-electron chi connectivity index (χ4n) is 4.17. The maximum Gasteiger partial charge on any atom is 0.434 e. The number of hydrogen-bond donors (Lipinski definition) is 0. The van der Waals surface area contributed by atoms with Crippen molar-refractivity contribution in [3.05, 3.63) is 112 Å². The Hall–Kier alpha value is -3.31. The Morgan fingerprint density at radius 2 is 1.82 bits per heavy atom. The molecule has 0 fully saturated rings. The number of allylic oxidation sites excluding steroid dienone is 1. The summed E-state index contributed by atoms with van der Waals surface area (Å²) in [5.41, 5.74) is -2.04. The zero-order valence-corrected chi connectivity index (χ0v) is 23.3. The summed E-state index contributed by atoms with van der Waals surface area (Å²) in [4.78, 5) is 30.0. The third kappa shape index (κ3) is 5.36. The molecule has 4 aromatic rings. The average molecular weight is 628 g/mol. The van der Waals surface area contributed by atoms with E-state index >= 15 is 0 Å². The summed E-state index contributed by atoms with van der Waals surface area (Å²) in [6.07, 6.45) is -3.61. The van der Waals surface area contributed by atoms with Crippen LogP contribution in [0.15, 0.2) is 80.1 Å². The lowest BCUT2D eigenvalue weighted by Gasteiger charge is -2.26. The zero-order chi connectivity index (χ0) is 28.8. The highest BCUT2D eigenvalue weighted by Crippen LogP contribution is 2.38. The Morgan fingerprint density at radius 1 is 1.10 bits per heavy atom. The summed E-state index contributed by atoms with van der Waals surface area (Å²) >= 11 is 18.8. The van der Waals surface area contributed by atoms with Crippen molar-refractivity contribution in [3.8, 4) is 11.3 Å². The fourth-order valence-corrected chi connectivity index (χ4v) is 5.57. The van der Waals surface area contributed by atoms with Crippen LogP contribution in [0, 0.1) is 0 Å². The molecule has 5 rings (SSSR count). The van der Waals surface area contributed by atoms with Gasteiger partial charge in [0.1, 0.15) is 11.5 Å². The van der Waals surface area contributed by atoms with Gasteiger partial charge in [-0.1, -0.05) is 58.3 Å². The van der Waals surface area contributed by atoms with Crippen LogP contribution in [-0.4, -0.2) is 23.3 Å². The number of alkyl halides is 3. The first-order valence-electron chi connectivity index (χ1n) is 11.6. The van der Waals surface area contributed by atoms with Crippen molar-refractivity contribution in [2.45, 2.75) is 19.1 Å². The van der Waals surface area contributed by atoms with E-state index in [1.807, 2.05) is 0 Å². The highest BCUT2D eigenvalue weighted by atomic mass is 35.5. The van der Waals surface area contributed by atoms with Crippen LogP contribution in [0.3, 0.4) is 0 Å². The van der Waals surface area contributed by atoms with Gasteiger partial charge in [0.05, 0.1) is 32.8 Å². The van der Waals surface area contributed by atoms with E-state index in [0.29, 0.717) is 26.4 Å². The minimum Gasteiger partial charge on any atom is -0.463 e. The van der Waals surface area contributed by atoms with Crippen molar-refractivity contribution in [2.24, 2.45) is 4.99 Å². The molecule has 206 valence electrons. The number of benzene rings is 2. The topological polar surface area (TPSA) is 73.8 Å². The van der Waals surface area contributed by atoms with Crippen molar-refractivity contribution in [2.75, 3.05) is 6.61 Å². The summed E-state index contributed by atoms with van der Waals surface area (Å²) in [5.74, 6) is -0.541. The van der Waals surface area contributed by atoms with Crippen LogP contribution in [0.4, 0.5) is 13.2 Å². The van der Waals surface area contributed by atoms with Gasteiger partial charge in [0.25, 0.3) is 5.56 Å². The van der Waals surface area contributed by atoms with Gasteiger partial charge >= 0.3 is 12.1 Å². The SMILES string of the molecule is CCOC(=O)C1=C(C(F)(F)F)N=c2s/c(=C\c3ccc(-c4ccc(Cl)c(Cl)c4)o3)c(=O)n2[C@@H]1c1ccc(Cl)cc1. The number of nitrogens with zero attached hydrogens (tertiary/aromatic N) is 2. The minimum atomic E-state index is -5.00. The molecule has 0 spiro atoms. The Labute approximate surface area is 243 Å². The first-order chi connectivity index (χ1) is 19.0. The number of thiazole rings is 1. The molecule has 6 nitrogen and oxygen atoms in total. The van der Waals surface area contributed by atoms with E-state index in [4.69, 9.17) is 44.0 Å². The number of carbonyl (C=O) groups is 1. The standard InChI is InChI=1S/C27H16Cl3F3N2O4S/c1-2-38-25(37)21-22(13-3-6-15(28)7-4-13)35-24(36)20(40-26(35)34-23(21)27(31,32)33)12-16-8-10-19(39-16)14-5-9-17(29)18(30)11-14/h3-12,22H,2H2,1H3/b20-12-/t22-/m1/s1. The average Bonchev–Trinajstić information content (AvgIpc) is 3.49. The molecule has 0 N–H and O–H groups in total. The minimum absolute atomic E-state index is 0.0411. The van der Waals surface area contributed by atoms with E-state index < -0.39 is 35.0 Å². The molecule has 1 aliphatic heterocycles. The van der Waals surface area contributed by atoms with Crippen LogP contribution in [0.25, 0.3) is 17.4 Å². The third-order valence-corrected chi connectivity index (χ3v) is 7.86. The molecule has 0 aliphatic carbocycles. The van der Waals surface area contributed by atoms with E-state index in [0.717, 1.165) is 15.9 Å². The second-order valence-electron chi connectivity index (χ2n) is 8.45. The molecule has 13 heteroatoms. The summed E-state index contributed by atoms with van der Waals surface area (Å²) in [6, 6.07) is 12.5. The van der Waals surface area contributed by atoms with Gasteiger partial charge in [-0.2, -0.15) is 13.2 Å². The molecule has 3 heterocycles. The predicted molar refractivity (Wildman–Crippen MR) is 146 cm³/mol. The Balaban J connectivity index is 1.70. The molecule has 0 unspecified atom stereocenters. The fraction of sp³-hybridized carbons (Fsp3) is 0.148. The molecule has 1 atom stereocenters. The van der Waals surface area contributed by atoms with Gasteiger partial charge in [-0.05, 0) is 55.0 Å². The number of aromatic nitrogens is 1. The quantitative estimate of drug-likeness (QED) is 0.235. The normalized spacial score (nSPS) is 15.7. The Kier molecular flexibility index (Phi) is 7.71. The van der Waals surface area contributed by atoms with Crippen molar-refractivity contribution in [3.63, 3.8) is 0 Å². The van der Waals surface area contributed by atoms with Crippen molar-refractivity contribution in [1.29, 1.82) is 0 Å². The number of halogens is 6. The summed E-state index contributed by atoms with van der Waals surface area (Å²) < 4.78 is 54.5. The van der Waals surface area contributed by atoms with E-state index in [1.165, 1.54) is 37.3 Å². The number of esters is 1. The van der Waals surface area contributed by atoms with Crippen molar-refractivity contribution in [1.82, 2.24) is 4.57 Å². The molecule has 0 amide bonds. The number of ether oxygens (including phenoxy) is 1. The van der Waals surface area contributed by atoms with Crippen LogP contribution >= 0.6 is 46.1 Å². The zero-order valence-electron chi connectivity index (χ0n) is 20.3. The van der Waals surface area contributed by atoms with Crippen molar-refractivity contribution >= 4 is 58.2 Å². The molecular formula is C27H16Cl3F3N2O4S. The molecule has 2 aromatic heterocycles. The summed E-state index contributed by atoms with van der Waals surface area (Å²) in [7, 11) is 0. The lowest BCUT2D eigenvalue weighted by Crippen LogP contribution is -2.41. The van der Waals surface area contributed by atoms with Gasteiger partial charge in [-0.3, -0.25) is 9.36 Å². The van der Waals surface area contributed by atoms with Crippen molar-refractivity contribution < 1.29 is 27.1 Å². The van der Waals surface area contributed by atoms with Crippen LogP contribution in [-0.2, 0) is 9.53 Å². The number of rotatable bonds is 5. The lowest BCUT2D eigenvalue weighted by atomic mass is 9.95. The molecule has 0 bridgehead atoms. The van der Waals surface area contributed by atoms with Crippen LogP contribution in [0.2, 0.25) is 15.1 Å². The maximum absolute atomic E-state index is 14.2. The molecule has 40 heavy (non-hydrogen) atoms. The monoisotopic (exact) mass is 626 g/mol. The highest BCUT2D eigenvalue weighted by Gasteiger charge is 2.45. The summed E-state index contributed by atoms with van der Waals surface area (Å²) in [5, 5.41) is 1.02. The van der Waals surface area contributed by atoms with Gasteiger partial charge in [0.15, 0.2) is 10.5 Å². The van der Waals surface area contributed by atoms with Gasteiger partial charge < -0.3 is 9.15 Å². The molecular weight excluding hydrogens is 612 g/mol. The molecule has 2 aromatic carbocycles. The number of furan rings is 1. The van der Waals surface area contributed by atoms with Gasteiger partial charge in [-0.25, -0.2) is 9.79 Å². The van der Waals surface area contributed by atoms with Crippen LogP contribution in [0.1, 0.15) is 24.3 Å². The van der Waals surface area contributed by atoms with E-state index in [9.17, 15) is 22.8 Å². The third-order valence-electron chi connectivity index (χ3n) is 5.88. The van der Waals surface area contributed by atoms with E-state index in [1.54, 1.807) is 30.3 Å². The van der Waals surface area contributed by atoms with Crippen LogP contribution in [0.5, 0.6) is 0 Å². The molecule has 0 saturated carbocycles. The van der Waals surface area contributed by atoms with Gasteiger partial charge in [0, 0.05) is 16.7 Å². The van der Waals surface area contributed by atoms with Gasteiger partial charge in [-0.15, -0.1) is 0 Å². The van der Waals surface area contributed by atoms with E-state index in [-0.39, 0.29) is 27.3 Å². The maximum atomic E-state index is 14.2. The molecule has 0 saturated heterocycles. The second kappa shape index (κ2) is 10.9. The highest BCUT2D eigenvalue weighted by molar-refractivity contribution is 7.07. The molecule has 1 aliphatic rings. The lowest BCUT2D eigenvalue weighted by molar-refractivity contribution is -0.140. The first-order valence-corrected chi connectivity index (χ1v) is 13.5. The first kappa shape index (κ1) is 28.2. The smallest absolute Gasteiger partial charge is 0.434 e. The van der Waals surface area contributed by atoms with E-state index in [2.05, 4.69) is 4.99 Å². The summed E-state index contributed by atoms with van der Waals surface area (Å²) in [6.45, 7) is 1.29.